The minimum atomic E-state index is -0.809. The first-order chi connectivity index (χ1) is 22.4. The smallest absolute Gasteiger partial charge is 0.343 e. The number of unbranched alkanes of at least 4 members (excludes halogenated alkanes) is 10. The van der Waals surface area contributed by atoms with Crippen LogP contribution in [0.1, 0.15) is 117 Å². The van der Waals surface area contributed by atoms with Crippen molar-refractivity contribution in [3.8, 4) is 17.1 Å². The maximum atomic E-state index is 12.7. The Morgan fingerprint density at radius 2 is 1.26 bits per heavy atom. The quantitative estimate of drug-likeness (QED) is 0.0487. The van der Waals surface area contributed by atoms with Crippen LogP contribution in [0.15, 0.2) is 60.9 Å². The van der Waals surface area contributed by atoms with E-state index in [0.29, 0.717) is 11.4 Å². The zero-order valence-electron chi connectivity index (χ0n) is 27.2. The van der Waals surface area contributed by atoms with Crippen LogP contribution in [0.4, 0.5) is 0 Å². The Hall–Kier alpha value is -3.78. The molecule has 1 heterocycles. The average molecular weight is 651 g/mol. The zero-order chi connectivity index (χ0) is 33.0. The molecular formula is C37H47ClN2O6. The Labute approximate surface area is 278 Å². The highest BCUT2D eigenvalue weighted by Gasteiger charge is 2.20. The molecule has 0 saturated heterocycles. The fourth-order valence-electron chi connectivity index (χ4n) is 4.96. The van der Waals surface area contributed by atoms with Gasteiger partial charge in [0, 0.05) is 18.0 Å². The van der Waals surface area contributed by atoms with Gasteiger partial charge in [-0.2, -0.15) is 0 Å². The van der Waals surface area contributed by atoms with Crippen LogP contribution in [0.2, 0.25) is 0 Å². The number of carbonyl (C=O) groups excluding carboxylic acids is 3. The van der Waals surface area contributed by atoms with E-state index in [1.807, 2.05) is 12.4 Å². The molecule has 3 aromatic rings. The number of ether oxygens (including phenoxy) is 3. The number of halogens is 1. The van der Waals surface area contributed by atoms with Gasteiger partial charge in [0.2, 0.25) is 0 Å². The predicted octanol–water partition coefficient (Wildman–Crippen LogP) is 8.93. The number of benzene rings is 2. The van der Waals surface area contributed by atoms with Gasteiger partial charge in [0.05, 0.1) is 30.0 Å². The molecule has 2 aromatic carbocycles. The van der Waals surface area contributed by atoms with Crippen molar-refractivity contribution in [1.82, 2.24) is 9.97 Å². The van der Waals surface area contributed by atoms with E-state index < -0.39 is 24.0 Å². The number of aromatic nitrogens is 2. The summed E-state index contributed by atoms with van der Waals surface area (Å²) in [4.78, 5) is 45.9. The van der Waals surface area contributed by atoms with Crippen LogP contribution in [0.5, 0.6) is 5.75 Å². The van der Waals surface area contributed by atoms with E-state index in [0.717, 1.165) is 24.0 Å². The minimum Gasteiger partial charge on any atom is -0.466 e. The van der Waals surface area contributed by atoms with E-state index in [-0.39, 0.29) is 30.2 Å². The van der Waals surface area contributed by atoms with E-state index >= 15 is 0 Å². The van der Waals surface area contributed by atoms with Crippen LogP contribution in [-0.4, -0.2) is 46.5 Å². The molecule has 248 valence electrons. The van der Waals surface area contributed by atoms with Crippen molar-refractivity contribution in [2.24, 2.45) is 0 Å². The SMILES string of the molecule is CCCCCCCCCCCCCc1cnc(-c2ccc(C(=O)Oc3ccc(C(=O)OC(CCl)CC(=O)OCC)cc3)cc2)nc1. The highest BCUT2D eigenvalue weighted by Crippen LogP contribution is 2.20. The van der Waals surface area contributed by atoms with Gasteiger partial charge in [-0.25, -0.2) is 19.6 Å². The molecule has 0 fully saturated rings. The van der Waals surface area contributed by atoms with Crippen LogP contribution in [-0.2, 0) is 20.7 Å². The largest absolute Gasteiger partial charge is 0.466 e. The normalized spacial score (nSPS) is 11.5. The molecule has 46 heavy (non-hydrogen) atoms. The molecule has 1 atom stereocenters. The Bertz CT molecular complexity index is 1330. The first kappa shape index (κ1) is 36.7. The highest BCUT2D eigenvalue weighted by molar-refractivity contribution is 6.18. The van der Waals surface area contributed by atoms with Crippen LogP contribution < -0.4 is 4.74 Å². The Morgan fingerprint density at radius 1 is 0.717 bits per heavy atom. The molecule has 3 rings (SSSR count). The monoisotopic (exact) mass is 650 g/mol. The fraction of sp³-hybridized carbons (Fsp3) is 0.486. The van der Waals surface area contributed by atoms with Gasteiger partial charge < -0.3 is 14.2 Å². The summed E-state index contributed by atoms with van der Waals surface area (Å²) in [6.07, 6.45) is 18.4. The molecular weight excluding hydrogens is 604 g/mol. The van der Waals surface area contributed by atoms with E-state index in [4.69, 9.17) is 25.8 Å². The second-order valence-electron chi connectivity index (χ2n) is 11.4. The van der Waals surface area contributed by atoms with Gasteiger partial charge in [0.1, 0.15) is 11.9 Å². The minimum absolute atomic E-state index is 0.0457. The van der Waals surface area contributed by atoms with E-state index in [1.54, 1.807) is 31.2 Å². The standard InChI is InChI=1S/C37H47ClN2O6/c1-3-5-6-7-8-9-10-11-12-13-14-15-28-26-39-35(40-27-28)29-16-18-30(19-17-29)36(42)45-32-22-20-31(21-23-32)37(43)46-33(25-38)24-34(41)44-4-2/h16-23,26-27,33H,3-15,24-25H2,1-2H3. The molecule has 0 aliphatic heterocycles. The molecule has 1 aromatic heterocycles. The van der Waals surface area contributed by atoms with Crippen molar-refractivity contribution >= 4 is 29.5 Å². The number of alkyl halides is 1. The van der Waals surface area contributed by atoms with E-state index in [9.17, 15) is 14.4 Å². The molecule has 0 aliphatic carbocycles. The lowest BCUT2D eigenvalue weighted by Gasteiger charge is -2.14. The summed E-state index contributed by atoms with van der Waals surface area (Å²) in [5.74, 6) is -0.858. The molecule has 0 spiro atoms. The molecule has 0 amide bonds. The van der Waals surface area contributed by atoms with Gasteiger partial charge in [-0.1, -0.05) is 83.3 Å². The van der Waals surface area contributed by atoms with E-state index in [1.165, 1.54) is 88.5 Å². The third kappa shape index (κ3) is 13.3. The van der Waals surface area contributed by atoms with E-state index in [2.05, 4.69) is 16.9 Å². The molecule has 0 aliphatic rings. The van der Waals surface area contributed by atoms with Gasteiger partial charge in [0.25, 0.3) is 0 Å². The molecule has 8 nitrogen and oxygen atoms in total. The average Bonchev–Trinajstić information content (AvgIpc) is 3.07. The summed E-state index contributed by atoms with van der Waals surface area (Å²) in [7, 11) is 0. The van der Waals surface area contributed by atoms with Crippen LogP contribution >= 0.6 is 11.6 Å². The lowest BCUT2D eigenvalue weighted by molar-refractivity contribution is -0.145. The third-order valence-electron chi connectivity index (χ3n) is 7.60. The van der Waals surface area contributed by atoms with Gasteiger partial charge in [-0.05, 0) is 61.7 Å². The summed E-state index contributed by atoms with van der Waals surface area (Å²) >= 11 is 5.83. The van der Waals surface area contributed by atoms with Crippen molar-refractivity contribution in [3.63, 3.8) is 0 Å². The third-order valence-corrected chi connectivity index (χ3v) is 7.94. The Morgan fingerprint density at radius 3 is 1.83 bits per heavy atom. The van der Waals surface area contributed by atoms with Crippen molar-refractivity contribution < 1.29 is 28.6 Å². The lowest BCUT2D eigenvalue weighted by Crippen LogP contribution is -2.24. The molecule has 1 unspecified atom stereocenters. The summed E-state index contributed by atoms with van der Waals surface area (Å²) in [5, 5.41) is 0. The van der Waals surface area contributed by atoms with Crippen LogP contribution in [0, 0.1) is 0 Å². The lowest BCUT2D eigenvalue weighted by atomic mass is 10.0. The molecule has 0 radical (unpaired) electrons. The number of rotatable bonds is 21. The summed E-state index contributed by atoms with van der Waals surface area (Å²) in [6.45, 7) is 4.18. The van der Waals surface area contributed by atoms with Crippen molar-refractivity contribution in [1.29, 1.82) is 0 Å². The first-order valence-corrected chi connectivity index (χ1v) is 17.1. The number of nitrogens with zero attached hydrogens (tertiary/aromatic N) is 2. The van der Waals surface area contributed by atoms with Crippen molar-refractivity contribution in [3.05, 3.63) is 77.6 Å². The second-order valence-corrected chi connectivity index (χ2v) is 11.7. The number of esters is 3. The van der Waals surface area contributed by atoms with Gasteiger partial charge in [0.15, 0.2) is 5.82 Å². The summed E-state index contributed by atoms with van der Waals surface area (Å²) in [5.41, 5.74) is 2.53. The number of hydrogen-bond acceptors (Lipinski definition) is 8. The molecule has 9 heteroatoms. The first-order valence-electron chi connectivity index (χ1n) is 16.6. The highest BCUT2D eigenvalue weighted by atomic mass is 35.5. The van der Waals surface area contributed by atoms with Crippen LogP contribution in [0.25, 0.3) is 11.4 Å². The molecule has 0 N–H and O–H groups in total. The fourth-order valence-corrected chi connectivity index (χ4v) is 5.13. The van der Waals surface area contributed by atoms with Gasteiger partial charge in [-0.15, -0.1) is 11.6 Å². The summed E-state index contributed by atoms with van der Waals surface area (Å²) < 4.78 is 15.6. The van der Waals surface area contributed by atoms with Gasteiger partial charge in [-0.3, -0.25) is 4.79 Å². The van der Waals surface area contributed by atoms with Crippen molar-refractivity contribution in [2.45, 2.75) is 103 Å². The molecule has 0 saturated carbocycles. The maximum absolute atomic E-state index is 12.7. The zero-order valence-corrected chi connectivity index (χ0v) is 27.9. The maximum Gasteiger partial charge on any atom is 0.343 e. The Kier molecular flexibility index (Phi) is 16.8. The van der Waals surface area contributed by atoms with Crippen molar-refractivity contribution in [2.75, 3.05) is 12.5 Å². The Balaban J connectivity index is 1.40. The predicted molar refractivity (Wildman–Crippen MR) is 180 cm³/mol. The second kappa shape index (κ2) is 21.1. The van der Waals surface area contributed by atoms with Crippen LogP contribution in [0.3, 0.4) is 0 Å². The number of hydrogen-bond donors (Lipinski definition) is 0. The number of carbonyl (C=O) groups is 3. The van der Waals surface area contributed by atoms with Gasteiger partial charge >= 0.3 is 17.9 Å². The summed E-state index contributed by atoms with van der Waals surface area (Å²) in [6, 6.07) is 12.9. The molecule has 0 bridgehead atoms. The topological polar surface area (TPSA) is 105 Å². The number of aryl methyl sites for hydroxylation is 1.